The van der Waals surface area contributed by atoms with Gasteiger partial charge in [0.25, 0.3) is 5.91 Å². The summed E-state index contributed by atoms with van der Waals surface area (Å²) in [7, 11) is 0. The fourth-order valence-electron chi connectivity index (χ4n) is 3.33. The summed E-state index contributed by atoms with van der Waals surface area (Å²) in [5.41, 5.74) is 2.67. The number of rotatable bonds is 3. The Morgan fingerprint density at radius 2 is 1.42 bits per heavy atom. The minimum absolute atomic E-state index is 0.00825. The van der Waals surface area contributed by atoms with E-state index < -0.39 is 0 Å². The molecule has 4 rings (SSSR count). The van der Waals surface area contributed by atoms with Gasteiger partial charge in [-0.3, -0.25) is 9.36 Å². The first-order chi connectivity index (χ1) is 12.7. The summed E-state index contributed by atoms with van der Waals surface area (Å²) in [5, 5.41) is 0. The van der Waals surface area contributed by atoms with Crippen molar-refractivity contribution < 1.29 is 4.79 Å². The number of hydrogen-bond donors (Lipinski definition) is 1. The highest BCUT2D eigenvalue weighted by molar-refractivity contribution is 7.71. The van der Waals surface area contributed by atoms with E-state index in [9.17, 15) is 4.79 Å². The second kappa shape index (κ2) is 7.17. The molecule has 0 saturated carbocycles. The number of carbonyl (C=O) groups excluding carboxylic acids is 1. The van der Waals surface area contributed by atoms with Crippen LogP contribution in [-0.2, 0) is 0 Å². The Balaban J connectivity index is 1.53. The lowest BCUT2D eigenvalue weighted by Crippen LogP contribution is -2.49. The number of benzene rings is 2. The fourth-order valence-corrected chi connectivity index (χ4v) is 3.59. The van der Waals surface area contributed by atoms with E-state index in [0.717, 1.165) is 18.8 Å². The van der Waals surface area contributed by atoms with Crippen LogP contribution in [0.3, 0.4) is 0 Å². The first-order valence-electron chi connectivity index (χ1n) is 8.69. The van der Waals surface area contributed by atoms with Gasteiger partial charge >= 0.3 is 0 Å². The zero-order valence-corrected chi connectivity index (χ0v) is 15.2. The molecule has 2 heterocycles. The van der Waals surface area contributed by atoms with Crippen LogP contribution >= 0.6 is 12.2 Å². The maximum absolute atomic E-state index is 13.1. The average molecular weight is 364 g/mol. The molecule has 1 aliphatic heterocycles. The molecule has 0 unspecified atom stereocenters. The first-order valence-corrected chi connectivity index (χ1v) is 9.10. The minimum Gasteiger partial charge on any atom is -0.368 e. The van der Waals surface area contributed by atoms with Gasteiger partial charge in [-0.2, -0.15) is 0 Å². The van der Waals surface area contributed by atoms with Crippen molar-refractivity contribution in [1.29, 1.82) is 0 Å². The van der Waals surface area contributed by atoms with E-state index in [1.165, 1.54) is 5.69 Å². The molecule has 1 saturated heterocycles. The Labute approximate surface area is 157 Å². The third kappa shape index (κ3) is 3.15. The van der Waals surface area contributed by atoms with Gasteiger partial charge in [-0.25, -0.2) is 0 Å². The van der Waals surface area contributed by atoms with E-state index in [-0.39, 0.29) is 5.91 Å². The van der Waals surface area contributed by atoms with Crippen LogP contribution in [0, 0.1) is 4.77 Å². The van der Waals surface area contributed by atoms with Crippen LogP contribution in [0.15, 0.2) is 66.9 Å². The molecule has 6 heteroatoms. The largest absolute Gasteiger partial charge is 0.368 e. The van der Waals surface area contributed by atoms with Gasteiger partial charge in [0.1, 0.15) is 5.69 Å². The normalized spacial score (nSPS) is 14.5. The van der Waals surface area contributed by atoms with E-state index >= 15 is 0 Å². The highest BCUT2D eigenvalue weighted by Gasteiger charge is 2.25. The van der Waals surface area contributed by atoms with E-state index in [4.69, 9.17) is 12.2 Å². The van der Waals surface area contributed by atoms with Crippen LogP contribution in [0.2, 0.25) is 0 Å². The summed E-state index contributed by atoms with van der Waals surface area (Å²) in [6.07, 6.45) is 1.71. The van der Waals surface area contributed by atoms with Crippen LogP contribution in [0.5, 0.6) is 0 Å². The van der Waals surface area contributed by atoms with Gasteiger partial charge < -0.3 is 14.8 Å². The van der Waals surface area contributed by atoms with Crippen LogP contribution in [0.25, 0.3) is 5.69 Å². The van der Waals surface area contributed by atoms with E-state index in [1.54, 1.807) is 10.8 Å². The fraction of sp³-hybridized carbons (Fsp3) is 0.200. The number of piperazine rings is 1. The number of H-pyrrole nitrogens is 1. The Hall–Kier alpha value is -2.86. The molecule has 0 radical (unpaired) electrons. The van der Waals surface area contributed by atoms with Crippen molar-refractivity contribution in [2.24, 2.45) is 0 Å². The van der Waals surface area contributed by atoms with Crippen LogP contribution in [-0.4, -0.2) is 46.5 Å². The molecule has 0 aliphatic carbocycles. The SMILES string of the molecule is O=C(c1c[nH]c(=S)n1-c1ccccc1)N1CCN(c2ccccc2)CC1. The van der Waals surface area contributed by atoms with Crippen molar-refractivity contribution in [3.8, 4) is 5.69 Å². The van der Waals surface area contributed by atoms with Crippen molar-refractivity contribution in [3.63, 3.8) is 0 Å². The number of nitrogens with zero attached hydrogens (tertiary/aromatic N) is 3. The Bertz CT molecular complexity index is 941. The highest BCUT2D eigenvalue weighted by Crippen LogP contribution is 2.18. The Kier molecular flexibility index (Phi) is 4.58. The van der Waals surface area contributed by atoms with Crippen molar-refractivity contribution >= 4 is 23.8 Å². The van der Waals surface area contributed by atoms with Gasteiger partial charge in [0.15, 0.2) is 4.77 Å². The lowest BCUT2D eigenvalue weighted by molar-refractivity contribution is 0.0738. The van der Waals surface area contributed by atoms with Gasteiger partial charge in [0.05, 0.1) is 0 Å². The molecular formula is C20H20N4OS. The number of anilines is 1. The zero-order valence-electron chi connectivity index (χ0n) is 14.3. The predicted molar refractivity (Wildman–Crippen MR) is 106 cm³/mol. The van der Waals surface area contributed by atoms with Crippen molar-refractivity contribution in [3.05, 3.63) is 77.3 Å². The number of aromatic nitrogens is 2. The molecule has 5 nitrogen and oxygen atoms in total. The topological polar surface area (TPSA) is 44.3 Å². The number of hydrogen-bond acceptors (Lipinski definition) is 3. The number of para-hydroxylation sites is 2. The lowest BCUT2D eigenvalue weighted by atomic mass is 10.2. The van der Waals surface area contributed by atoms with Gasteiger partial charge in [0.2, 0.25) is 0 Å². The lowest BCUT2D eigenvalue weighted by Gasteiger charge is -2.36. The van der Waals surface area contributed by atoms with Crippen LogP contribution in [0.1, 0.15) is 10.5 Å². The zero-order chi connectivity index (χ0) is 17.9. The summed E-state index contributed by atoms with van der Waals surface area (Å²) >= 11 is 5.39. The number of nitrogens with one attached hydrogen (secondary N) is 1. The third-order valence-corrected chi connectivity index (χ3v) is 5.00. The van der Waals surface area contributed by atoms with Crippen molar-refractivity contribution in [1.82, 2.24) is 14.5 Å². The molecule has 0 bridgehead atoms. The molecule has 1 N–H and O–H groups in total. The molecule has 0 spiro atoms. The average Bonchev–Trinajstić information content (AvgIpc) is 3.10. The summed E-state index contributed by atoms with van der Waals surface area (Å²) in [6, 6.07) is 20.1. The Morgan fingerprint density at radius 1 is 0.846 bits per heavy atom. The smallest absolute Gasteiger partial charge is 0.272 e. The molecular weight excluding hydrogens is 344 g/mol. The number of aromatic amines is 1. The number of carbonyl (C=O) groups is 1. The molecule has 26 heavy (non-hydrogen) atoms. The van der Waals surface area contributed by atoms with E-state index in [1.807, 2.05) is 53.4 Å². The van der Waals surface area contributed by atoms with E-state index in [2.05, 4.69) is 22.0 Å². The highest BCUT2D eigenvalue weighted by atomic mass is 32.1. The standard InChI is InChI=1S/C20H20N4OS/c25-19(18-15-21-20(26)24(18)17-9-5-2-6-10-17)23-13-11-22(12-14-23)16-7-3-1-4-8-16/h1-10,15H,11-14H2,(H,21,26). The summed E-state index contributed by atoms with van der Waals surface area (Å²) in [5.74, 6) is 0.00825. The minimum atomic E-state index is 0.00825. The number of imidazole rings is 1. The van der Waals surface area contributed by atoms with Gasteiger partial charge in [0, 0.05) is 43.8 Å². The number of amides is 1. The predicted octanol–water partition coefficient (Wildman–Crippen LogP) is 3.50. The van der Waals surface area contributed by atoms with Crippen molar-refractivity contribution in [2.75, 3.05) is 31.1 Å². The summed E-state index contributed by atoms with van der Waals surface area (Å²) < 4.78 is 2.34. The first kappa shape index (κ1) is 16.6. The van der Waals surface area contributed by atoms with Crippen molar-refractivity contribution in [2.45, 2.75) is 0 Å². The van der Waals surface area contributed by atoms with Gasteiger partial charge in [-0.1, -0.05) is 36.4 Å². The maximum atomic E-state index is 13.1. The summed E-state index contributed by atoms with van der Waals surface area (Å²) in [4.78, 5) is 20.3. The third-order valence-electron chi connectivity index (χ3n) is 4.70. The van der Waals surface area contributed by atoms with Gasteiger partial charge in [-0.15, -0.1) is 0 Å². The molecule has 1 amide bonds. The maximum Gasteiger partial charge on any atom is 0.272 e. The molecule has 2 aromatic carbocycles. The van der Waals surface area contributed by atoms with Crippen LogP contribution in [0.4, 0.5) is 5.69 Å². The molecule has 1 aliphatic rings. The molecule has 0 atom stereocenters. The second-order valence-electron chi connectivity index (χ2n) is 6.26. The van der Waals surface area contributed by atoms with Gasteiger partial charge in [-0.05, 0) is 36.5 Å². The quantitative estimate of drug-likeness (QED) is 0.724. The second-order valence-corrected chi connectivity index (χ2v) is 6.65. The monoisotopic (exact) mass is 364 g/mol. The van der Waals surface area contributed by atoms with E-state index in [0.29, 0.717) is 23.6 Å². The molecule has 132 valence electrons. The molecule has 1 fully saturated rings. The Morgan fingerprint density at radius 3 is 2.04 bits per heavy atom. The molecule has 3 aromatic rings. The summed E-state index contributed by atoms with van der Waals surface area (Å²) in [6.45, 7) is 3.04. The van der Waals surface area contributed by atoms with Crippen LogP contribution < -0.4 is 4.90 Å². The molecule has 1 aromatic heterocycles.